The molecule has 5 heteroatoms. The van der Waals surface area contributed by atoms with Crippen molar-refractivity contribution in [3.8, 4) is 0 Å². The lowest BCUT2D eigenvalue weighted by atomic mass is 9.89. The van der Waals surface area contributed by atoms with Crippen LogP contribution in [0.15, 0.2) is 66.2 Å². The fourth-order valence-corrected chi connectivity index (χ4v) is 6.78. The van der Waals surface area contributed by atoms with Crippen molar-refractivity contribution in [3.05, 3.63) is 86.7 Å². The largest absolute Gasteiger partial charge is 0.366 e. The Hall–Kier alpha value is -2.04. The van der Waals surface area contributed by atoms with Crippen LogP contribution in [0, 0.1) is 0 Å². The summed E-state index contributed by atoms with van der Waals surface area (Å²) in [4.78, 5) is 3.80. The maximum absolute atomic E-state index is 7.05. The highest BCUT2D eigenvalue weighted by Gasteiger charge is 2.26. The second kappa shape index (κ2) is 11.3. The normalized spacial score (nSPS) is 13.4. The molecule has 0 bridgehead atoms. The highest BCUT2D eigenvalue weighted by molar-refractivity contribution is 7.20. The van der Waals surface area contributed by atoms with Crippen LogP contribution in [0.5, 0.6) is 0 Å². The van der Waals surface area contributed by atoms with E-state index in [0.717, 1.165) is 65.6 Å². The highest BCUT2D eigenvalue weighted by atomic mass is 35.5. The molecule has 0 unspecified atom stereocenters. The molecule has 0 saturated heterocycles. The molecule has 0 aliphatic heterocycles. The summed E-state index contributed by atoms with van der Waals surface area (Å²) in [5, 5.41) is 8.78. The van der Waals surface area contributed by atoms with Crippen LogP contribution in [0.25, 0.3) is 26.6 Å². The Balaban J connectivity index is 1.52. The Labute approximate surface area is 222 Å². The molecular weight excluding hydrogens is 491 g/mol. The SMILES string of the molecule is CCNCCCCN(Cc1ccc2ccccc2c1)C(=C1CCC1)c1sc2cc(Cl)ccc2c1Cl. The van der Waals surface area contributed by atoms with E-state index in [1.165, 1.54) is 45.3 Å². The summed E-state index contributed by atoms with van der Waals surface area (Å²) in [6.07, 6.45) is 5.89. The van der Waals surface area contributed by atoms with Gasteiger partial charge in [0.15, 0.2) is 0 Å². The van der Waals surface area contributed by atoms with Crippen LogP contribution in [-0.4, -0.2) is 24.5 Å². The summed E-state index contributed by atoms with van der Waals surface area (Å²) in [6.45, 7) is 6.16. The summed E-state index contributed by atoms with van der Waals surface area (Å²) >= 11 is 15.2. The number of hydrogen-bond acceptors (Lipinski definition) is 3. The molecule has 1 saturated carbocycles. The van der Waals surface area contributed by atoms with Crippen molar-refractivity contribution in [3.63, 3.8) is 0 Å². The van der Waals surface area contributed by atoms with E-state index >= 15 is 0 Å². The summed E-state index contributed by atoms with van der Waals surface area (Å²) in [7, 11) is 0. The molecule has 1 heterocycles. The van der Waals surface area contributed by atoms with Gasteiger partial charge < -0.3 is 10.2 Å². The third kappa shape index (κ3) is 5.54. The van der Waals surface area contributed by atoms with Gasteiger partial charge in [0.05, 0.1) is 15.6 Å². The zero-order valence-corrected chi connectivity index (χ0v) is 22.6. The Morgan fingerprint density at radius 2 is 1.80 bits per heavy atom. The summed E-state index contributed by atoms with van der Waals surface area (Å²) in [6, 6.07) is 21.5. The second-order valence-corrected chi connectivity index (χ2v) is 11.2. The van der Waals surface area contributed by atoms with Gasteiger partial charge in [-0.2, -0.15) is 0 Å². The molecule has 1 N–H and O–H groups in total. The number of nitrogens with zero attached hydrogens (tertiary/aromatic N) is 1. The average molecular weight is 524 g/mol. The van der Waals surface area contributed by atoms with E-state index < -0.39 is 0 Å². The highest BCUT2D eigenvalue weighted by Crippen LogP contribution is 2.46. The fourth-order valence-electron chi connectivity index (χ4n) is 4.87. The monoisotopic (exact) mass is 522 g/mol. The van der Waals surface area contributed by atoms with Gasteiger partial charge in [-0.05, 0) is 85.3 Å². The molecule has 182 valence electrons. The number of nitrogens with one attached hydrogen (secondary N) is 1. The predicted molar refractivity (Wildman–Crippen MR) is 155 cm³/mol. The maximum Gasteiger partial charge on any atom is 0.0702 e. The first-order chi connectivity index (χ1) is 17.1. The van der Waals surface area contributed by atoms with Crippen LogP contribution in [0.4, 0.5) is 0 Å². The third-order valence-electron chi connectivity index (χ3n) is 6.88. The average Bonchev–Trinajstić information content (AvgIpc) is 3.15. The Bertz CT molecular complexity index is 1350. The van der Waals surface area contributed by atoms with Gasteiger partial charge in [-0.1, -0.05) is 72.6 Å². The molecule has 2 nitrogen and oxygen atoms in total. The minimum absolute atomic E-state index is 0.760. The molecular formula is C30H32Cl2N2S. The van der Waals surface area contributed by atoms with Crippen molar-refractivity contribution in [2.75, 3.05) is 19.6 Å². The molecule has 3 aromatic carbocycles. The van der Waals surface area contributed by atoms with Crippen molar-refractivity contribution in [1.82, 2.24) is 10.2 Å². The number of unbranched alkanes of at least 4 members (excludes halogenated alkanes) is 1. The number of thiophene rings is 1. The van der Waals surface area contributed by atoms with Crippen molar-refractivity contribution in [2.24, 2.45) is 0 Å². The minimum Gasteiger partial charge on any atom is -0.366 e. The smallest absolute Gasteiger partial charge is 0.0702 e. The van der Waals surface area contributed by atoms with Crippen LogP contribution in [-0.2, 0) is 6.54 Å². The lowest BCUT2D eigenvalue weighted by molar-refractivity contribution is 0.370. The van der Waals surface area contributed by atoms with Crippen LogP contribution in [0.1, 0.15) is 49.5 Å². The molecule has 5 rings (SSSR count). The number of benzene rings is 3. The topological polar surface area (TPSA) is 15.3 Å². The van der Waals surface area contributed by atoms with Gasteiger partial charge in [0.1, 0.15) is 0 Å². The molecule has 0 spiro atoms. The minimum atomic E-state index is 0.760. The first-order valence-corrected chi connectivity index (χ1v) is 14.2. The quantitative estimate of drug-likeness (QED) is 0.209. The maximum atomic E-state index is 7.05. The van der Waals surface area contributed by atoms with Crippen LogP contribution in [0.3, 0.4) is 0 Å². The van der Waals surface area contributed by atoms with Crippen molar-refractivity contribution in [2.45, 2.75) is 45.6 Å². The van der Waals surface area contributed by atoms with Gasteiger partial charge in [-0.15, -0.1) is 11.3 Å². The molecule has 0 amide bonds. The van der Waals surface area contributed by atoms with E-state index in [2.05, 4.69) is 65.7 Å². The lowest BCUT2D eigenvalue weighted by Crippen LogP contribution is -2.26. The van der Waals surface area contributed by atoms with Crippen LogP contribution >= 0.6 is 34.5 Å². The van der Waals surface area contributed by atoms with Gasteiger partial charge in [-0.3, -0.25) is 0 Å². The van der Waals surface area contributed by atoms with Gasteiger partial charge in [0, 0.05) is 28.2 Å². The molecule has 1 aliphatic rings. The third-order valence-corrected chi connectivity index (χ3v) is 8.78. The van der Waals surface area contributed by atoms with Crippen LogP contribution < -0.4 is 5.32 Å². The van der Waals surface area contributed by atoms with E-state index in [4.69, 9.17) is 23.2 Å². The molecule has 1 fully saturated rings. The van der Waals surface area contributed by atoms with Gasteiger partial charge in [-0.25, -0.2) is 0 Å². The first-order valence-electron chi connectivity index (χ1n) is 12.7. The molecule has 0 atom stereocenters. The molecule has 1 aromatic heterocycles. The van der Waals surface area contributed by atoms with Gasteiger partial charge in [0.2, 0.25) is 0 Å². The number of halogens is 2. The summed E-state index contributed by atoms with van der Waals surface area (Å²) in [5.41, 5.74) is 4.24. The molecule has 0 radical (unpaired) electrons. The fraction of sp³-hybridized carbons (Fsp3) is 0.333. The molecule has 1 aliphatic carbocycles. The first kappa shape index (κ1) is 24.6. The second-order valence-electron chi connectivity index (χ2n) is 9.36. The number of allylic oxidation sites excluding steroid dienone is 1. The standard InChI is InChI=1S/C30H32Cl2N2S/c1-2-33-16-5-6-17-34(20-21-12-13-22-8-3-4-9-24(22)18-21)29(23-10-7-11-23)30-28(32)26-15-14-25(31)19-27(26)35-30/h3-4,8-9,12-15,18-19,33H,2,5-7,10-11,16-17,20H2,1H3. The lowest BCUT2D eigenvalue weighted by Gasteiger charge is -2.33. The Morgan fingerprint density at radius 1 is 0.971 bits per heavy atom. The Morgan fingerprint density at radius 3 is 2.57 bits per heavy atom. The number of hydrogen-bond donors (Lipinski definition) is 1. The zero-order valence-electron chi connectivity index (χ0n) is 20.2. The predicted octanol–water partition coefficient (Wildman–Crippen LogP) is 9.15. The molecule has 35 heavy (non-hydrogen) atoms. The van der Waals surface area contributed by atoms with Gasteiger partial charge >= 0.3 is 0 Å². The molecule has 4 aromatic rings. The summed E-state index contributed by atoms with van der Waals surface area (Å²) < 4.78 is 1.16. The van der Waals surface area contributed by atoms with E-state index in [1.807, 2.05) is 12.1 Å². The van der Waals surface area contributed by atoms with Crippen molar-refractivity contribution >= 4 is 61.1 Å². The number of rotatable bonds is 10. The van der Waals surface area contributed by atoms with Crippen molar-refractivity contribution < 1.29 is 0 Å². The zero-order chi connectivity index (χ0) is 24.2. The van der Waals surface area contributed by atoms with Crippen LogP contribution in [0.2, 0.25) is 10.0 Å². The van der Waals surface area contributed by atoms with E-state index in [0.29, 0.717) is 0 Å². The van der Waals surface area contributed by atoms with Gasteiger partial charge in [0.25, 0.3) is 0 Å². The van der Waals surface area contributed by atoms with E-state index in [9.17, 15) is 0 Å². The van der Waals surface area contributed by atoms with E-state index in [-0.39, 0.29) is 0 Å². The van der Waals surface area contributed by atoms with Crippen molar-refractivity contribution in [1.29, 1.82) is 0 Å². The Kier molecular flexibility index (Phi) is 7.99. The number of fused-ring (bicyclic) bond motifs is 2. The van der Waals surface area contributed by atoms with E-state index in [1.54, 1.807) is 11.3 Å². The summed E-state index contributed by atoms with van der Waals surface area (Å²) in [5.74, 6) is 0.